The van der Waals surface area contributed by atoms with Crippen molar-refractivity contribution in [2.75, 3.05) is 26.2 Å². The Labute approximate surface area is 119 Å². The molecule has 0 amide bonds. The molecule has 4 nitrogen and oxygen atoms in total. The van der Waals surface area contributed by atoms with Crippen LogP contribution >= 0.6 is 0 Å². The lowest BCUT2D eigenvalue weighted by Gasteiger charge is -2.25. The Hall–Kier alpha value is -1.96. The Balaban J connectivity index is 2.01. The second-order valence-electron chi connectivity index (χ2n) is 5.09. The summed E-state index contributed by atoms with van der Waals surface area (Å²) in [5.41, 5.74) is 1.96. The number of para-hydroxylation sites is 1. The normalized spacial score (nSPS) is 18.4. The molecule has 0 spiro atoms. The van der Waals surface area contributed by atoms with Gasteiger partial charge in [0.2, 0.25) is 0 Å². The average Bonchev–Trinajstić information content (AvgIpc) is 2.78. The summed E-state index contributed by atoms with van der Waals surface area (Å²) in [6.45, 7) is 3.83. The zero-order chi connectivity index (χ0) is 13.8. The van der Waals surface area contributed by atoms with Crippen molar-refractivity contribution >= 4 is 10.9 Å². The molecule has 0 bridgehead atoms. The fourth-order valence-corrected chi connectivity index (χ4v) is 2.82. The van der Waals surface area contributed by atoms with Gasteiger partial charge < -0.3 is 5.32 Å². The first kappa shape index (κ1) is 13.0. The van der Waals surface area contributed by atoms with Gasteiger partial charge in [-0.3, -0.25) is 9.88 Å². The first-order chi connectivity index (χ1) is 9.90. The van der Waals surface area contributed by atoms with Gasteiger partial charge in [0.25, 0.3) is 0 Å². The third-order valence-corrected chi connectivity index (χ3v) is 3.82. The fraction of sp³-hybridized carbons (Fsp3) is 0.375. The predicted molar refractivity (Wildman–Crippen MR) is 79.2 cm³/mol. The monoisotopic (exact) mass is 266 g/mol. The van der Waals surface area contributed by atoms with Crippen LogP contribution in [0.4, 0.5) is 0 Å². The van der Waals surface area contributed by atoms with Crippen molar-refractivity contribution in [1.82, 2.24) is 15.2 Å². The number of pyridine rings is 1. The first-order valence-electron chi connectivity index (χ1n) is 7.08. The second kappa shape index (κ2) is 6.00. The van der Waals surface area contributed by atoms with Gasteiger partial charge >= 0.3 is 0 Å². The van der Waals surface area contributed by atoms with E-state index in [4.69, 9.17) is 0 Å². The molecule has 1 saturated heterocycles. The van der Waals surface area contributed by atoms with Gasteiger partial charge in [0.1, 0.15) is 6.04 Å². The highest BCUT2D eigenvalue weighted by atomic mass is 15.2. The molecule has 1 aromatic heterocycles. The quantitative estimate of drug-likeness (QED) is 0.904. The van der Waals surface area contributed by atoms with Gasteiger partial charge in [0, 0.05) is 36.8 Å². The Bertz CT molecular complexity index is 618. The first-order valence-corrected chi connectivity index (χ1v) is 7.08. The van der Waals surface area contributed by atoms with E-state index in [0.29, 0.717) is 0 Å². The Kier molecular flexibility index (Phi) is 3.91. The minimum Gasteiger partial charge on any atom is -0.315 e. The molecule has 1 aliphatic rings. The molecule has 1 aromatic carbocycles. The van der Waals surface area contributed by atoms with E-state index in [1.807, 2.05) is 30.3 Å². The summed E-state index contributed by atoms with van der Waals surface area (Å²) in [5.74, 6) is 0. The number of rotatable bonds is 2. The maximum Gasteiger partial charge on any atom is 0.126 e. The van der Waals surface area contributed by atoms with Crippen LogP contribution in [0.25, 0.3) is 10.9 Å². The zero-order valence-corrected chi connectivity index (χ0v) is 11.4. The lowest BCUT2D eigenvalue weighted by molar-refractivity contribution is 0.253. The Morgan fingerprint density at radius 3 is 3.00 bits per heavy atom. The maximum absolute atomic E-state index is 9.64. The van der Waals surface area contributed by atoms with Gasteiger partial charge in [0.15, 0.2) is 0 Å². The number of nitrogens with zero attached hydrogens (tertiary/aromatic N) is 3. The molecule has 0 saturated carbocycles. The SMILES string of the molecule is N#CC(c1cccc2cccnc12)N1CCCNCC1. The molecule has 3 rings (SSSR count). The molecule has 20 heavy (non-hydrogen) atoms. The van der Waals surface area contributed by atoms with Gasteiger partial charge in [-0.1, -0.05) is 24.3 Å². The number of hydrogen-bond acceptors (Lipinski definition) is 4. The van der Waals surface area contributed by atoms with Crippen LogP contribution in [-0.4, -0.2) is 36.1 Å². The largest absolute Gasteiger partial charge is 0.315 e. The number of nitriles is 1. The molecule has 1 aliphatic heterocycles. The van der Waals surface area contributed by atoms with E-state index in [0.717, 1.165) is 49.1 Å². The maximum atomic E-state index is 9.64. The van der Waals surface area contributed by atoms with Crippen LogP contribution in [0.5, 0.6) is 0 Å². The molecule has 1 unspecified atom stereocenters. The van der Waals surface area contributed by atoms with E-state index < -0.39 is 0 Å². The summed E-state index contributed by atoms with van der Waals surface area (Å²) in [5, 5.41) is 14.1. The molecule has 2 heterocycles. The lowest BCUT2D eigenvalue weighted by atomic mass is 10.0. The van der Waals surface area contributed by atoms with Crippen LogP contribution in [-0.2, 0) is 0 Å². The highest BCUT2D eigenvalue weighted by Crippen LogP contribution is 2.26. The van der Waals surface area contributed by atoms with Crippen LogP contribution in [0.3, 0.4) is 0 Å². The molecule has 2 aromatic rings. The highest BCUT2D eigenvalue weighted by molar-refractivity contribution is 5.82. The predicted octanol–water partition coefficient (Wildman–Crippen LogP) is 2.09. The van der Waals surface area contributed by atoms with Crippen LogP contribution in [0.2, 0.25) is 0 Å². The van der Waals surface area contributed by atoms with Crippen molar-refractivity contribution < 1.29 is 0 Å². The van der Waals surface area contributed by atoms with E-state index in [2.05, 4.69) is 21.3 Å². The molecule has 0 radical (unpaired) electrons. The van der Waals surface area contributed by atoms with Crippen molar-refractivity contribution in [1.29, 1.82) is 5.26 Å². The second-order valence-corrected chi connectivity index (χ2v) is 5.09. The number of aromatic nitrogens is 1. The molecule has 1 fully saturated rings. The van der Waals surface area contributed by atoms with Gasteiger partial charge in [-0.2, -0.15) is 5.26 Å². The van der Waals surface area contributed by atoms with E-state index in [1.54, 1.807) is 6.20 Å². The van der Waals surface area contributed by atoms with Crippen molar-refractivity contribution in [2.45, 2.75) is 12.5 Å². The number of nitrogens with one attached hydrogen (secondary N) is 1. The number of fused-ring (bicyclic) bond motifs is 1. The minimum atomic E-state index is -0.214. The smallest absolute Gasteiger partial charge is 0.126 e. The van der Waals surface area contributed by atoms with Gasteiger partial charge in [-0.25, -0.2) is 0 Å². The summed E-state index contributed by atoms with van der Waals surface area (Å²) >= 11 is 0. The molecule has 0 aliphatic carbocycles. The van der Waals surface area contributed by atoms with Crippen LogP contribution < -0.4 is 5.32 Å². The van der Waals surface area contributed by atoms with E-state index in [-0.39, 0.29) is 6.04 Å². The van der Waals surface area contributed by atoms with Gasteiger partial charge in [0.05, 0.1) is 11.6 Å². The minimum absolute atomic E-state index is 0.214. The molecule has 102 valence electrons. The Morgan fingerprint density at radius 1 is 1.20 bits per heavy atom. The fourth-order valence-electron chi connectivity index (χ4n) is 2.82. The van der Waals surface area contributed by atoms with E-state index >= 15 is 0 Å². The molecular formula is C16H18N4. The zero-order valence-electron chi connectivity index (χ0n) is 11.4. The van der Waals surface area contributed by atoms with E-state index in [9.17, 15) is 5.26 Å². The van der Waals surface area contributed by atoms with E-state index in [1.165, 1.54) is 0 Å². The number of hydrogen-bond donors (Lipinski definition) is 1. The third kappa shape index (κ3) is 2.51. The van der Waals surface area contributed by atoms with Crippen LogP contribution in [0.15, 0.2) is 36.5 Å². The summed E-state index contributed by atoms with van der Waals surface area (Å²) < 4.78 is 0. The van der Waals surface area contributed by atoms with Crippen LogP contribution in [0, 0.1) is 11.3 Å². The van der Waals surface area contributed by atoms with Crippen molar-refractivity contribution in [3.63, 3.8) is 0 Å². The third-order valence-electron chi connectivity index (χ3n) is 3.82. The highest BCUT2D eigenvalue weighted by Gasteiger charge is 2.22. The summed E-state index contributed by atoms with van der Waals surface area (Å²) in [6.07, 6.45) is 2.88. The molecule has 4 heteroatoms. The molecule has 1 atom stereocenters. The standard InChI is InChI=1S/C16H18N4/c17-12-15(20-10-3-7-18-9-11-20)14-6-1-4-13-5-2-8-19-16(13)14/h1-2,4-6,8,15,18H,3,7,9-11H2. The van der Waals surface area contributed by atoms with Gasteiger partial charge in [-0.05, 0) is 19.0 Å². The summed E-state index contributed by atoms with van der Waals surface area (Å²) in [4.78, 5) is 6.73. The summed E-state index contributed by atoms with van der Waals surface area (Å²) in [7, 11) is 0. The lowest BCUT2D eigenvalue weighted by Crippen LogP contribution is -2.31. The average molecular weight is 266 g/mol. The van der Waals surface area contributed by atoms with Crippen molar-refractivity contribution in [3.05, 3.63) is 42.1 Å². The number of benzene rings is 1. The topological polar surface area (TPSA) is 52.0 Å². The Morgan fingerprint density at radius 2 is 2.10 bits per heavy atom. The molecule has 1 N–H and O–H groups in total. The molecular weight excluding hydrogens is 248 g/mol. The van der Waals surface area contributed by atoms with Gasteiger partial charge in [-0.15, -0.1) is 0 Å². The van der Waals surface area contributed by atoms with Crippen molar-refractivity contribution in [3.8, 4) is 6.07 Å². The van der Waals surface area contributed by atoms with Crippen molar-refractivity contribution in [2.24, 2.45) is 0 Å². The summed E-state index contributed by atoms with van der Waals surface area (Å²) in [6, 6.07) is 12.3. The van der Waals surface area contributed by atoms with Crippen LogP contribution in [0.1, 0.15) is 18.0 Å².